The highest BCUT2D eigenvalue weighted by Crippen LogP contribution is 2.28. The van der Waals surface area contributed by atoms with Crippen LogP contribution in [0.2, 0.25) is 0 Å². The van der Waals surface area contributed by atoms with Crippen LogP contribution in [0.3, 0.4) is 0 Å². The van der Waals surface area contributed by atoms with Gasteiger partial charge < -0.3 is 15.3 Å². The zero-order chi connectivity index (χ0) is 10.7. The predicted molar refractivity (Wildman–Crippen MR) is 57.6 cm³/mol. The summed E-state index contributed by atoms with van der Waals surface area (Å²) in [5, 5.41) is 13.2. The summed E-state index contributed by atoms with van der Waals surface area (Å²) < 4.78 is 0. The van der Waals surface area contributed by atoms with Crippen molar-refractivity contribution < 1.29 is 9.90 Å². The lowest BCUT2D eigenvalue weighted by Crippen LogP contribution is -2.44. The van der Waals surface area contributed by atoms with Gasteiger partial charge in [-0.2, -0.15) is 0 Å². The number of hydrogen-bond donors (Lipinski definition) is 2. The molecule has 15 heavy (non-hydrogen) atoms. The lowest BCUT2D eigenvalue weighted by Gasteiger charge is -2.30. The molecule has 0 unspecified atom stereocenters. The van der Waals surface area contributed by atoms with E-state index in [0.29, 0.717) is 6.54 Å². The van der Waals surface area contributed by atoms with Crippen molar-refractivity contribution in [2.45, 2.75) is 44.1 Å². The van der Waals surface area contributed by atoms with Crippen LogP contribution in [0.25, 0.3) is 0 Å². The summed E-state index contributed by atoms with van der Waals surface area (Å²) >= 11 is 0. The second kappa shape index (κ2) is 4.39. The van der Waals surface area contributed by atoms with Crippen molar-refractivity contribution in [3.05, 3.63) is 0 Å². The minimum absolute atomic E-state index is 0.0207. The Bertz CT molecular complexity index is 235. The normalized spacial score (nSPS) is 26.2. The molecular formula is C11H20N2O2. The Kier molecular flexibility index (Phi) is 3.14. The summed E-state index contributed by atoms with van der Waals surface area (Å²) in [5.74, 6) is 0. The zero-order valence-electron chi connectivity index (χ0n) is 9.17. The van der Waals surface area contributed by atoms with Crippen LogP contribution in [0.4, 0.5) is 4.79 Å². The molecule has 2 fully saturated rings. The molecule has 2 N–H and O–H groups in total. The summed E-state index contributed by atoms with van der Waals surface area (Å²) in [5.41, 5.74) is -0.627. The first-order valence-corrected chi connectivity index (χ1v) is 5.95. The van der Waals surface area contributed by atoms with E-state index in [4.69, 9.17) is 0 Å². The van der Waals surface area contributed by atoms with Crippen molar-refractivity contribution in [2.75, 3.05) is 19.6 Å². The van der Waals surface area contributed by atoms with E-state index in [1.54, 1.807) is 4.90 Å². The van der Waals surface area contributed by atoms with Crippen LogP contribution in [0.15, 0.2) is 0 Å². The molecule has 2 aliphatic rings. The predicted octanol–water partition coefficient (Wildman–Crippen LogP) is 1.10. The van der Waals surface area contributed by atoms with Gasteiger partial charge in [0.05, 0.1) is 12.1 Å². The molecule has 86 valence electrons. The number of aliphatic hydroxyl groups is 1. The standard InChI is InChI=1S/C11H20N2O2/c14-10-12-7-8-13(10)9-11(15)5-3-1-2-4-6-11/h15H,1-9H2,(H,12,14). The summed E-state index contributed by atoms with van der Waals surface area (Å²) in [7, 11) is 0. The van der Waals surface area contributed by atoms with Crippen molar-refractivity contribution >= 4 is 6.03 Å². The van der Waals surface area contributed by atoms with Gasteiger partial charge in [-0.3, -0.25) is 0 Å². The molecule has 4 nitrogen and oxygen atoms in total. The molecule has 1 heterocycles. The van der Waals surface area contributed by atoms with Crippen molar-refractivity contribution in [2.24, 2.45) is 0 Å². The summed E-state index contributed by atoms with van der Waals surface area (Å²) in [6, 6.07) is -0.0207. The number of urea groups is 1. The van der Waals surface area contributed by atoms with Crippen LogP contribution in [0, 0.1) is 0 Å². The molecular weight excluding hydrogens is 192 g/mol. The van der Waals surface area contributed by atoms with E-state index in [2.05, 4.69) is 5.32 Å². The molecule has 2 amide bonds. The number of rotatable bonds is 2. The average molecular weight is 212 g/mol. The van der Waals surface area contributed by atoms with E-state index in [1.807, 2.05) is 0 Å². The summed E-state index contributed by atoms with van der Waals surface area (Å²) in [6.45, 7) is 1.97. The fourth-order valence-corrected chi connectivity index (χ4v) is 2.56. The van der Waals surface area contributed by atoms with Gasteiger partial charge in [0, 0.05) is 13.1 Å². The Balaban J connectivity index is 1.92. The third-order valence-corrected chi connectivity index (χ3v) is 3.46. The van der Waals surface area contributed by atoms with Crippen LogP contribution >= 0.6 is 0 Å². The van der Waals surface area contributed by atoms with Gasteiger partial charge in [-0.25, -0.2) is 4.79 Å². The summed E-state index contributed by atoms with van der Waals surface area (Å²) in [4.78, 5) is 13.1. The zero-order valence-corrected chi connectivity index (χ0v) is 9.17. The topological polar surface area (TPSA) is 52.6 Å². The smallest absolute Gasteiger partial charge is 0.317 e. The minimum Gasteiger partial charge on any atom is -0.388 e. The molecule has 1 aliphatic carbocycles. The van der Waals surface area contributed by atoms with Crippen molar-refractivity contribution in [3.8, 4) is 0 Å². The molecule has 0 radical (unpaired) electrons. The van der Waals surface area contributed by atoms with Gasteiger partial charge in [0.1, 0.15) is 0 Å². The fraction of sp³-hybridized carbons (Fsp3) is 0.909. The second-order valence-electron chi connectivity index (χ2n) is 4.79. The second-order valence-corrected chi connectivity index (χ2v) is 4.79. The van der Waals surface area contributed by atoms with Crippen LogP contribution in [0.5, 0.6) is 0 Å². The molecule has 0 bridgehead atoms. The maximum absolute atomic E-state index is 11.4. The van der Waals surface area contributed by atoms with Crippen LogP contribution in [0.1, 0.15) is 38.5 Å². The van der Waals surface area contributed by atoms with E-state index < -0.39 is 5.60 Å². The molecule has 2 rings (SSSR count). The van der Waals surface area contributed by atoms with E-state index in [-0.39, 0.29) is 6.03 Å². The lowest BCUT2D eigenvalue weighted by molar-refractivity contribution is 0.00379. The number of nitrogens with zero attached hydrogens (tertiary/aromatic N) is 1. The molecule has 1 saturated carbocycles. The maximum atomic E-state index is 11.4. The largest absolute Gasteiger partial charge is 0.388 e. The highest BCUT2D eigenvalue weighted by Gasteiger charge is 2.33. The first-order chi connectivity index (χ1) is 7.20. The van der Waals surface area contributed by atoms with E-state index in [1.165, 1.54) is 12.8 Å². The maximum Gasteiger partial charge on any atom is 0.317 e. The molecule has 0 atom stereocenters. The Morgan fingerprint density at radius 2 is 1.93 bits per heavy atom. The van der Waals surface area contributed by atoms with Gasteiger partial charge in [0.25, 0.3) is 0 Å². The first-order valence-electron chi connectivity index (χ1n) is 5.95. The Hall–Kier alpha value is -0.770. The summed E-state index contributed by atoms with van der Waals surface area (Å²) in [6.07, 6.45) is 6.30. The van der Waals surface area contributed by atoms with Gasteiger partial charge in [0.2, 0.25) is 0 Å². The Morgan fingerprint density at radius 3 is 2.47 bits per heavy atom. The third kappa shape index (κ3) is 2.62. The number of carbonyl (C=O) groups excluding carboxylic acids is 1. The van der Waals surface area contributed by atoms with Gasteiger partial charge in [-0.1, -0.05) is 25.7 Å². The molecule has 0 spiro atoms. The van der Waals surface area contributed by atoms with E-state index in [9.17, 15) is 9.90 Å². The average Bonchev–Trinajstić information content (AvgIpc) is 2.48. The molecule has 1 aliphatic heterocycles. The quantitative estimate of drug-likeness (QED) is 0.673. The monoisotopic (exact) mass is 212 g/mol. The van der Waals surface area contributed by atoms with Crippen molar-refractivity contribution in [1.82, 2.24) is 10.2 Å². The minimum atomic E-state index is -0.627. The number of amides is 2. The van der Waals surface area contributed by atoms with Crippen LogP contribution in [-0.2, 0) is 0 Å². The van der Waals surface area contributed by atoms with Gasteiger partial charge in [-0.05, 0) is 12.8 Å². The highest BCUT2D eigenvalue weighted by molar-refractivity contribution is 5.76. The van der Waals surface area contributed by atoms with Gasteiger partial charge >= 0.3 is 6.03 Å². The van der Waals surface area contributed by atoms with Crippen molar-refractivity contribution in [1.29, 1.82) is 0 Å². The van der Waals surface area contributed by atoms with Crippen molar-refractivity contribution in [3.63, 3.8) is 0 Å². The van der Waals surface area contributed by atoms with Gasteiger partial charge in [0.15, 0.2) is 0 Å². The fourth-order valence-electron chi connectivity index (χ4n) is 2.56. The number of carbonyl (C=O) groups is 1. The van der Waals surface area contributed by atoms with E-state index in [0.717, 1.165) is 38.8 Å². The molecule has 0 aromatic carbocycles. The molecule has 1 saturated heterocycles. The third-order valence-electron chi connectivity index (χ3n) is 3.46. The highest BCUT2D eigenvalue weighted by atomic mass is 16.3. The SMILES string of the molecule is O=C1NCCN1CC1(O)CCCCCC1. The number of hydrogen-bond acceptors (Lipinski definition) is 2. The molecule has 0 aromatic rings. The van der Waals surface area contributed by atoms with Crippen LogP contribution < -0.4 is 5.32 Å². The number of β-amino-alcohol motifs (C(OH)–C–C–N with tert-alkyl or cyclic N) is 1. The lowest BCUT2D eigenvalue weighted by atomic mass is 9.94. The Morgan fingerprint density at radius 1 is 1.27 bits per heavy atom. The van der Waals surface area contributed by atoms with Crippen LogP contribution in [-0.4, -0.2) is 41.3 Å². The van der Waals surface area contributed by atoms with Gasteiger partial charge in [-0.15, -0.1) is 0 Å². The van der Waals surface area contributed by atoms with E-state index >= 15 is 0 Å². The molecule has 4 heteroatoms. The molecule has 0 aromatic heterocycles. The number of nitrogens with one attached hydrogen (secondary N) is 1. The first kappa shape index (κ1) is 10.7. The Labute approximate surface area is 90.6 Å².